The van der Waals surface area contributed by atoms with Crippen LogP contribution < -0.4 is 14.8 Å². The van der Waals surface area contributed by atoms with Crippen LogP contribution >= 0.6 is 0 Å². The Bertz CT molecular complexity index is 1090. The van der Waals surface area contributed by atoms with Crippen molar-refractivity contribution in [3.05, 3.63) is 83.8 Å². The van der Waals surface area contributed by atoms with Gasteiger partial charge in [0.1, 0.15) is 5.82 Å². The Morgan fingerprint density at radius 1 is 0.971 bits per heavy atom. The number of carbonyl (C=O) groups is 1. The number of nitrogens with zero attached hydrogens (tertiary/aromatic N) is 2. The Morgan fingerprint density at radius 2 is 1.77 bits per heavy atom. The molecule has 0 saturated carbocycles. The number of rotatable bonds is 5. The van der Waals surface area contributed by atoms with Gasteiger partial charge in [-0.1, -0.05) is 43.2 Å². The molecule has 1 amide bonds. The molecule has 3 aromatic rings. The number of nitrogens with one attached hydrogen (secondary N) is 1. The van der Waals surface area contributed by atoms with Crippen LogP contribution in [0.1, 0.15) is 36.8 Å². The fraction of sp³-hybridized carbons (Fsp3) is 0.357. The van der Waals surface area contributed by atoms with Crippen molar-refractivity contribution >= 4 is 5.91 Å². The predicted molar refractivity (Wildman–Crippen MR) is 133 cm³/mol. The van der Waals surface area contributed by atoms with Crippen molar-refractivity contribution in [3.63, 3.8) is 0 Å². The van der Waals surface area contributed by atoms with E-state index in [1.807, 2.05) is 36.4 Å². The van der Waals surface area contributed by atoms with E-state index in [2.05, 4.69) is 15.2 Å². The van der Waals surface area contributed by atoms with Crippen molar-refractivity contribution in [2.24, 2.45) is 0 Å². The van der Waals surface area contributed by atoms with E-state index in [0.717, 1.165) is 43.4 Å². The number of fused-ring (bicyclic) bond motifs is 2. The van der Waals surface area contributed by atoms with E-state index in [0.29, 0.717) is 43.5 Å². The number of benzene rings is 2. The van der Waals surface area contributed by atoms with Crippen LogP contribution in [0.25, 0.3) is 0 Å². The average Bonchev–Trinajstić information content (AvgIpc) is 2.86. The first-order valence-corrected chi connectivity index (χ1v) is 12.2. The largest absolute Gasteiger partial charge is 0.490 e. The Labute approximate surface area is 206 Å². The van der Waals surface area contributed by atoms with Crippen LogP contribution in [-0.4, -0.2) is 42.0 Å². The SMILES string of the molecule is O=C(CN1CCCCCCOc2ccccc2Oc2ncccc2C1)NCCc1ccc(F)cc1. The summed E-state index contributed by atoms with van der Waals surface area (Å²) in [4.78, 5) is 19.3. The van der Waals surface area contributed by atoms with Crippen molar-refractivity contribution < 1.29 is 18.7 Å². The molecule has 1 aliphatic heterocycles. The van der Waals surface area contributed by atoms with Crippen LogP contribution in [-0.2, 0) is 17.8 Å². The normalized spacial score (nSPS) is 15.0. The number of hydrogen-bond acceptors (Lipinski definition) is 5. The summed E-state index contributed by atoms with van der Waals surface area (Å²) in [5.74, 6) is 1.57. The van der Waals surface area contributed by atoms with Gasteiger partial charge >= 0.3 is 0 Å². The molecule has 0 radical (unpaired) electrons. The molecule has 0 spiro atoms. The van der Waals surface area contributed by atoms with Gasteiger partial charge in [0.25, 0.3) is 0 Å². The van der Waals surface area contributed by atoms with Gasteiger partial charge in [-0.2, -0.15) is 0 Å². The van der Waals surface area contributed by atoms with E-state index in [4.69, 9.17) is 9.47 Å². The molecule has 1 aliphatic rings. The molecule has 0 fully saturated rings. The number of aromatic nitrogens is 1. The monoisotopic (exact) mass is 477 g/mol. The third-order valence-electron chi connectivity index (χ3n) is 5.94. The lowest BCUT2D eigenvalue weighted by Gasteiger charge is -2.23. The Hall–Kier alpha value is -3.45. The average molecular weight is 478 g/mol. The number of amides is 1. The second-order valence-electron chi connectivity index (χ2n) is 8.72. The molecule has 0 saturated heterocycles. The van der Waals surface area contributed by atoms with E-state index in [1.165, 1.54) is 12.1 Å². The van der Waals surface area contributed by atoms with Crippen molar-refractivity contribution in [2.75, 3.05) is 26.2 Å². The number of carbonyl (C=O) groups excluding carboxylic acids is 1. The molecule has 7 heteroatoms. The van der Waals surface area contributed by atoms with E-state index in [9.17, 15) is 9.18 Å². The van der Waals surface area contributed by atoms with Gasteiger partial charge in [-0.3, -0.25) is 9.69 Å². The van der Waals surface area contributed by atoms with E-state index in [1.54, 1.807) is 18.3 Å². The topological polar surface area (TPSA) is 63.7 Å². The highest BCUT2D eigenvalue weighted by molar-refractivity contribution is 5.78. The van der Waals surface area contributed by atoms with E-state index < -0.39 is 0 Å². The molecular weight excluding hydrogens is 445 g/mol. The number of ether oxygens (including phenoxy) is 2. The van der Waals surface area contributed by atoms with Crippen molar-refractivity contribution in [3.8, 4) is 17.4 Å². The number of halogens is 1. The second-order valence-corrected chi connectivity index (χ2v) is 8.72. The summed E-state index contributed by atoms with van der Waals surface area (Å²) in [6.07, 6.45) is 6.47. The molecule has 4 rings (SSSR count). The first-order valence-electron chi connectivity index (χ1n) is 12.2. The first kappa shape index (κ1) is 24.7. The van der Waals surface area contributed by atoms with Gasteiger partial charge in [0.2, 0.25) is 11.8 Å². The van der Waals surface area contributed by atoms with Gasteiger partial charge in [0.15, 0.2) is 11.5 Å². The molecule has 184 valence electrons. The molecule has 2 heterocycles. The summed E-state index contributed by atoms with van der Waals surface area (Å²) >= 11 is 0. The second kappa shape index (κ2) is 12.9. The van der Waals surface area contributed by atoms with E-state index >= 15 is 0 Å². The quantitative estimate of drug-likeness (QED) is 0.552. The fourth-order valence-electron chi connectivity index (χ4n) is 4.08. The molecular formula is C28H32FN3O3. The predicted octanol–water partition coefficient (Wildman–Crippen LogP) is 5.13. The van der Waals surface area contributed by atoms with Crippen LogP contribution in [0, 0.1) is 5.82 Å². The lowest BCUT2D eigenvalue weighted by molar-refractivity contribution is -0.122. The van der Waals surface area contributed by atoms with Crippen LogP contribution in [0.5, 0.6) is 17.4 Å². The van der Waals surface area contributed by atoms with Gasteiger partial charge in [-0.25, -0.2) is 9.37 Å². The molecule has 1 aromatic heterocycles. The summed E-state index contributed by atoms with van der Waals surface area (Å²) in [6.45, 7) is 2.79. The minimum Gasteiger partial charge on any atom is -0.490 e. The Kier molecular flexibility index (Phi) is 9.06. The highest BCUT2D eigenvalue weighted by Crippen LogP contribution is 2.32. The standard InChI is InChI=1S/C28H32FN3O3/c29-24-13-11-22(12-14-24)15-17-30-27(33)21-32-18-5-1-2-6-19-34-25-9-3-4-10-26(25)35-28-23(20-32)8-7-16-31-28/h3-4,7-14,16H,1-2,5-6,15,17-21H2,(H,30,33). The Morgan fingerprint density at radius 3 is 2.63 bits per heavy atom. The van der Waals surface area contributed by atoms with Gasteiger partial charge in [-0.05, 0) is 61.7 Å². The van der Waals surface area contributed by atoms with Crippen LogP contribution in [0.4, 0.5) is 4.39 Å². The van der Waals surface area contributed by atoms with Crippen LogP contribution in [0.3, 0.4) is 0 Å². The minimum atomic E-state index is -0.255. The van der Waals surface area contributed by atoms with Crippen molar-refractivity contribution in [2.45, 2.75) is 38.6 Å². The highest BCUT2D eigenvalue weighted by Gasteiger charge is 2.16. The summed E-state index contributed by atoms with van der Waals surface area (Å²) < 4.78 is 25.2. The van der Waals surface area contributed by atoms with Gasteiger partial charge < -0.3 is 14.8 Å². The third-order valence-corrected chi connectivity index (χ3v) is 5.94. The zero-order valence-corrected chi connectivity index (χ0v) is 19.9. The molecule has 0 unspecified atom stereocenters. The number of para-hydroxylation sites is 2. The zero-order chi connectivity index (χ0) is 24.3. The summed E-state index contributed by atoms with van der Waals surface area (Å²) in [7, 11) is 0. The smallest absolute Gasteiger partial charge is 0.234 e. The molecule has 0 aliphatic carbocycles. The molecule has 2 aromatic carbocycles. The molecule has 0 atom stereocenters. The highest BCUT2D eigenvalue weighted by atomic mass is 19.1. The number of pyridine rings is 1. The van der Waals surface area contributed by atoms with Crippen molar-refractivity contribution in [1.29, 1.82) is 0 Å². The Balaban J connectivity index is 1.42. The van der Waals surface area contributed by atoms with Crippen molar-refractivity contribution in [1.82, 2.24) is 15.2 Å². The summed E-state index contributed by atoms with van der Waals surface area (Å²) in [6, 6.07) is 17.9. The minimum absolute atomic E-state index is 0.0293. The summed E-state index contributed by atoms with van der Waals surface area (Å²) in [5, 5.41) is 3.00. The van der Waals surface area contributed by atoms with Gasteiger partial charge in [-0.15, -0.1) is 0 Å². The maximum atomic E-state index is 13.1. The molecule has 0 bridgehead atoms. The van der Waals surface area contributed by atoms with E-state index in [-0.39, 0.29) is 18.3 Å². The molecule has 1 N–H and O–H groups in total. The molecule has 35 heavy (non-hydrogen) atoms. The lowest BCUT2D eigenvalue weighted by atomic mass is 10.1. The maximum absolute atomic E-state index is 13.1. The summed E-state index contributed by atoms with van der Waals surface area (Å²) in [5.41, 5.74) is 1.91. The fourth-order valence-corrected chi connectivity index (χ4v) is 4.08. The molecule has 6 nitrogen and oxygen atoms in total. The number of hydrogen-bond donors (Lipinski definition) is 1. The van der Waals surface area contributed by atoms with Gasteiger partial charge in [0, 0.05) is 24.8 Å². The maximum Gasteiger partial charge on any atom is 0.234 e. The van der Waals surface area contributed by atoms with Gasteiger partial charge in [0.05, 0.1) is 13.2 Å². The zero-order valence-electron chi connectivity index (χ0n) is 19.9. The van der Waals surface area contributed by atoms with Crippen LogP contribution in [0.2, 0.25) is 0 Å². The third kappa shape index (κ3) is 7.79. The van der Waals surface area contributed by atoms with Crippen LogP contribution in [0.15, 0.2) is 66.9 Å². The lowest BCUT2D eigenvalue weighted by Crippen LogP contribution is -2.38. The first-order chi connectivity index (χ1) is 17.2.